The minimum absolute atomic E-state index is 0.321. The molecule has 0 atom stereocenters. The van der Waals surface area contributed by atoms with E-state index in [9.17, 15) is 4.79 Å². The van der Waals surface area contributed by atoms with Gasteiger partial charge in [0.1, 0.15) is 5.78 Å². The second-order valence-corrected chi connectivity index (χ2v) is 5.32. The molecule has 1 aromatic heterocycles. The molecular formula is C16H14ClNO. The van der Waals surface area contributed by atoms with Crippen LogP contribution >= 0.6 is 11.6 Å². The van der Waals surface area contributed by atoms with Crippen LogP contribution in [0.5, 0.6) is 0 Å². The van der Waals surface area contributed by atoms with Crippen LogP contribution < -0.4 is 0 Å². The van der Waals surface area contributed by atoms with Gasteiger partial charge in [-0.05, 0) is 40.8 Å². The van der Waals surface area contributed by atoms with Gasteiger partial charge in [-0.3, -0.25) is 9.78 Å². The van der Waals surface area contributed by atoms with Gasteiger partial charge in [-0.1, -0.05) is 23.7 Å². The summed E-state index contributed by atoms with van der Waals surface area (Å²) in [6, 6.07) is 7.88. The van der Waals surface area contributed by atoms with Crippen molar-refractivity contribution in [3.63, 3.8) is 0 Å². The van der Waals surface area contributed by atoms with E-state index in [1.165, 1.54) is 5.56 Å². The highest BCUT2D eigenvalue weighted by atomic mass is 35.5. The molecule has 0 bridgehead atoms. The fourth-order valence-corrected chi connectivity index (χ4v) is 2.90. The molecule has 1 aromatic carbocycles. The van der Waals surface area contributed by atoms with Gasteiger partial charge in [0.25, 0.3) is 0 Å². The molecule has 0 unspecified atom stereocenters. The molecule has 3 heteroatoms. The number of Topliss-reactive ketones (excluding diaryl/α,β-unsaturated/α-hetero) is 1. The summed E-state index contributed by atoms with van der Waals surface area (Å²) in [7, 11) is 0. The van der Waals surface area contributed by atoms with E-state index in [-0.39, 0.29) is 0 Å². The molecule has 0 fully saturated rings. The zero-order valence-corrected chi connectivity index (χ0v) is 11.3. The van der Waals surface area contributed by atoms with Gasteiger partial charge in [0.05, 0.1) is 0 Å². The Hall–Kier alpha value is -1.67. The fourth-order valence-electron chi connectivity index (χ4n) is 2.65. The van der Waals surface area contributed by atoms with E-state index in [1.807, 2.05) is 24.4 Å². The predicted molar refractivity (Wildman–Crippen MR) is 75.5 cm³/mol. The Morgan fingerprint density at radius 3 is 2.89 bits per heavy atom. The molecule has 0 spiro atoms. The molecule has 2 aromatic rings. The lowest BCUT2D eigenvalue weighted by Gasteiger charge is -2.20. The van der Waals surface area contributed by atoms with Gasteiger partial charge in [0, 0.05) is 36.7 Å². The number of fused-ring (bicyclic) bond motifs is 1. The molecule has 1 heterocycles. The van der Waals surface area contributed by atoms with Crippen molar-refractivity contribution in [3.8, 4) is 0 Å². The number of aromatic nitrogens is 1. The van der Waals surface area contributed by atoms with Crippen molar-refractivity contribution in [2.24, 2.45) is 0 Å². The number of nitrogens with zero attached hydrogens (tertiary/aromatic N) is 1. The third-order valence-corrected chi connectivity index (χ3v) is 3.97. The second-order valence-electron chi connectivity index (χ2n) is 4.92. The van der Waals surface area contributed by atoms with Crippen molar-refractivity contribution in [1.82, 2.24) is 4.98 Å². The van der Waals surface area contributed by atoms with Gasteiger partial charge in [-0.15, -0.1) is 0 Å². The summed E-state index contributed by atoms with van der Waals surface area (Å²) in [4.78, 5) is 15.7. The molecule has 0 aliphatic heterocycles. The number of carbonyl (C=O) groups is 1. The lowest BCUT2D eigenvalue weighted by Crippen LogP contribution is -2.15. The largest absolute Gasteiger partial charge is 0.299 e. The first-order valence-corrected chi connectivity index (χ1v) is 6.81. The van der Waals surface area contributed by atoms with Crippen LogP contribution in [0.4, 0.5) is 0 Å². The van der Waals surface area contributed by atoms with Crippen molar-refractivity contribution >= 4 is 17.4 Å². The summed E-state index contributed by atoms with van der Waals surface area (Å²) in [6.07, 6.45) is 6.40. The maximum atomic E-state index is 11.5. The van der Waals surface area contributed by atoms with E-state index in [2.05, 4.69) is 11.1 Å². The number of hydrogen-bond donors (Lipinski definition) is 0. The first-order chi connectivity index (χ1) is 9.24. The van der Waals surface area contributed by atoms with Crippen LogP contribution in [0.2, 0.25) is 5.02 Å². The number of carbonyl (C=O) groups excluding carboxylic acids is 1. The van der Waals surface area contributed by atoms with Gasteiger partial charge in [-0.25, -0.2) is 0 Å². The number of pyridine rings is 1. The number of rotatable bonds is 2. The molecule has 1 aliphatic carbocycles. The van der Waals surface area contributed by atoms with Gasteiger partial charge in [-0.2, -0.15) is 0 Å². The minimum atomic E-state index is 0.321. The standard InChI is InChI=1S/C16H14ClNO/c17-16-6-3-12-9-13(19)4-5-14(12)15(16)8-11-2-1-7-18-10-11/h1-3,6-7,10H,4-5,8-9H2. The molecule has 0 amide bonds. The van der Waals surface area contributed by atoms with Gasteiger partial charge in [0.2, 0.25) is 0 Å². The number of halogens is 1. The molecule has 0 radical (unpaired) electrons. The van der Waals surface area contributed by atoms with Crippen LogP contribution in [0.15, 0.2) is 36.7 Å². The van der Waals surface area contributed by atoms with Crippen molar-refractivity contribution in [1.29, 1.82) is 0 Å². The molecule has 1 aliphatic rings. The molecule has 96 valence electrons. The smallest absolute Gasteiger partial charge is 0.137 e. The lowest BCUT2D eigenvalue weighted by atomic mass is 9.86. The number of ketones is 1. The van der Waals surface area contributed by atoms with Crippen molar-refractivity contribution < 1.29 is 4.79 Å². The zero-order valence-electron chi connectivity index (χ0n) is 10.5. The van der Waals surface area contributed by atoms with Gasteiger partial charge >= 0.3 is 0 Å². The predicted octanol–water partition coefficient (Wildman–Crippen LogP) is 3.38. The molecule has 2 nitrogen and oxygen atoms in total. The number of benzene rings is 1. The van der Waals surface area contributed by atoms with Crippen molar-refractivity contribution in [2.45, 2.75) is 25.7 Å². The van der Waals surface area contributed by atoms with E-state index in [0.29, 0.717) is 18.6 Å². The van der Waals surface area contributed by atoms with Crippen LogP contribution in [0.25, 0.3) is 0 Å². The second kappa shape index (κ2) is 5.14. The Labute approximate surface area is 117 Å². The molecule has 3 rings (SSSR count). The average molecular weight is 272 g/mol. The minimum Gasteiger partial charge on any atom is -0.299 e. The summed E-state index contributed by atoms with van der Waals surface area (Å²) in [5.41, 5.74) is 4.70. The van der Waals surface area contributed by atoms with Crippen molar-refractivity contribution in [3.05, 3.63) is 63.9 Å². The Morgan fingerprint density at radius 2 is 2.11 bits per heavy atom. The van der Waals surface area contributed by atoms with Crippen LogP contribution in [0, 0.1) is 0 Å². The van der Waals surface area contributed by atoms with Crippen LogP contribution in [0.1, 0.15) is 28.7 Å². The third kappa shape index (κ3) is 2.54. The monoisotopic (exact) mass is 271 g/mol. The Morgan fingerprint density at radius 1 is 1.21 bits per heavy atom. The lowest BCUT2D eigenvalue weighted by molar-refractivity contribution is -0.118. The molecule has 0 N–H and O–H groups in total. The Kier molecular flexibility index (Phi) is 3.34. The summed E-state index contributed by atoms with van der Waals surface area (Å²) in [6.45, 7) is 0. The first-order valence-electron chi connectivity index (χ1n) is 6.44. The normalized spacial score (nSPS) is 14.3. The highest BCUT2D eigenvalue weighted by Crippen LogP contribution is 2.30. The maximum Gasteiger partial charge on any atom is 0.137 e. The third-order valence-electron chi connectivity index (χ3n) is 3.62. The summed E-state index contributed by atoms with van der Waals surface area (Å²) in [5, 5.41) is 0.789. The Balaban J connectivity index is 2.01. The fraction of sp³-hybridized carbons (Fsp3) is 0.250. The van der Waals surface area contributed by atoms with E-state index < -0.39 is 0 Å². The summed E-state index contributed by atoms with van der Waals surface area (Å²) < 4.78 is 0. The van der Waals surface area contributed by atoms with Gasteiger partial charge in [0.15, 0.2) is 0 Å². The van der Waals surface area contributed by atoms with Crippen LogP contribution in [0.3, 0.4) is 0 Å². The van der Waals surface area contributed by atoms with E-state index in [4.69, 9.17) is 11.6 Å². The summed E-state index contributed by atoms with van der Waals surface area (Å²) >= 11 is 6.34. The van der Waals surface area contributed by atoms with Crippen molar-refractivity contribution in [2.75, 3.05) is 0 Å². The van der Waals surface area contributed by atoms with Gasteiger partial charge < -0.3 is 0 Å². The summed E-state index contributed by atoms with van der Waals surface area (Å²) in [5.74, 6) is 0.321. The Bertz CT molecular complexity index is 622. The SMILES string of the molecule is O=C1CCc2c(ccc(Cl)c2Cc2cccnc2)C1. The van der Waals surface area contributed by atoms with E-state index in [1.54, 1.807) is 6.20 Å². The highest BCUT2D eigenvalue weighted by Gasteiger charge is 2.20. The maximum absolute atomic E-state index is 11.5. The van der Waals surface area contributed by atoms with Crippen LogP contribution in [-0.4, -0.2) is 10.8 Å². The molecule has 0 saturated heterocycles. The van der Waals surface area contributed by atoms with Crippen LogP contribution in [-0.2, 0) is 24.1 Å². The average Bonchev–Trinajstić information content (AvgIpc) is 2.43. The molecule has 19 heavy (non-hydrogen) atoms. The highest BCUT2D eigenvalue weighted by molar-refractivity contribution is 6.31. The van der Waals surface area contributed by atoms with E-state index >= 15 is 0 Å². The molecule has 0 saturated carbocycles. The topological polar surface area (TPSA) is 30.0 Å². The van der Waals surface area contributed by atoms with E-state index in [0.717, 1.165) is 34.6 Å². The number of hydrogen-bond acceptors (Lipinski definition) is 2. The molecular weight excluding hydrogens is 258 g/mol. The first kappa shape index (κ1) is 12.4. The zero-order chi connectivity index (χ0) is 13.2. The quantitative estimate of drug-likeness (QED) is 0.838.